The van der Waals surface area contributed by atoms with E-state index in [1.165, 1.54) is 83.3 Å². The van der Waals surface area contributed by atoms with Crippen LogP contribution in [0.15, 0.2) is 247 Å². The fraction of sp³-hybridized carbons (Fsp3) is 0.154. The highest BCUT2D eigenvalue weighted by atomic mass is 16.3. The molecular formula is C78H67BN2O. The average molecular weight is 1060 g/mol. The fourth-order valence-electron chi connectivity index (χ4n) is 13.1. The molecule has 12 aromatic rings. The maximum Gasteiger partial charge on any atom is 0.252 e. The van der Waals surface area contributed by atoms with Gasteiger partial charge in [-0.1, -0.05) is 238 Å². The minimum atomic E-state index is -0.162. The molecule has 0 N–H and O–H groups in total. The molecule has 3 heterocycles. The summed E-state index contributed by atoms with van der Waals surface area (Å²) in [6.07, 6.45) is 0. The van der Waals surface area contributed by atoms with Crippen LogP contribution in [0.1, 0.15) is 79.0 Å². The van der Waals surface area contributed by atoms with Gasteiger partial charge in [-0.2, -0.15) is 0 Å². The maximum atomic E-state index is 6.50. The molecule has 398 valence electrons. The lowest BCUT2D eigenvalue weighted by atomic mass is 9.33. The zero-order chi connectivity index (χ0) is 56.2. The molecule has 0 aliphatic carbocycles. The van der Waals surface area contributed by atoms with Crippen molar-refractivity contribution in [3.63, 3.8) is 0 Å². The number of fused-ring (bicyclic) bond motifs is 7. The van der Waals surface area contributed by atoms with Gasteiger partial charge in [0.1, 0.15) is 11.2 Å². The second-order valence-corrected chi connectivity index (χ2v) is 25.7. The van der Waals surface area contributed by atoms with E-state index in [2.05, 4.69) is 315 Å². The molecule has 0 saturated carbocycles. The van der Waals surface area contributed by atoms with Crippen molar-refractivity contribution < 1.29 is 4.42 Å². The van der Waals surface area contributed by atoms with E-state index in [1.54, 1.807) is 0 Å². The molecule has 0 saturated heterocycles. The molecule has 0 amide bonds. The van der Waals surface area contributed by atoms with Crippen molar-refractivity contribution in [1.82, 2.24) is 0 Å². The van der Waals surface area contributed by atoms with Crippen molar-refractivity contribution in [1.29, 1.82) is 0 Å². The van der Waals surface area contributed by atoms with Crippen molar-refractivity contribution >= 4 is 79.2 Å². The van der Waals surface area contributed by atoms with Gasteiger partial charge in [0.05, 0.1) is 11.4 Å². The van der Waals surface area contributed by atoms with E-state index in [4.69, 9.17) is 4.42 Å². The summed E-state index contributed by atoms with van der Waals surface area (Å²) in [6.45, 7) is 20.8. The molecule has 0 atom stereocenters. The minimum absolute atomic E-state index is 0.0820. The van der Waals surface area contributed by atoms with Gasteiger partial charge in [0, 0.05) is 44.6 Å². The average Bonchev–Trinajstić information content (AvgIpc) is 3.23. The number of para-hydroxylation sites is 1. The van der Waals surface area contributed by atoms with Crippen LogP contribution in [-0.2, 0) is 16.2 Å². The Kier molecular flexibility index (Phi) is 12.0. The van der Waals surface area contributed by atoms with Crippen LogP contribution in [0.5, 0.6) is 0 Å². The molecule has 0 spiro atoms. The Hall–Kier alpha value is -9.12. The van der Waals surface area contributed by atoms with Crippen molar-refractivity contribution in [3.05, 3.63) is 259 Å². The Bertz CT molecular complexity index is 4440. The second-order valence-electron chi connectivity index (χ2n) is 25.7. The van der Waals surface area contributed by atoms with Gasteiger partial charge in [-0.25, -0.2) is 0 Å². The highest BCUT2D eigenvalue weighted by molar-refractivity contribution is 7.00. The molecular weight excluding hydrogens is 992 g/mol. The summed E-state index contributed by atoms with van der Waals surface area (Å²) < 4.78 is 6.50. The van der Waals surface area contributed by atoms with E-state index >= 15 is 0 Å². The number of furan rings is 1. The third-order valence-corrected chi connectivity index (χ3v) is 17.3. The third-order valence-electron chi connectivity index (χ3n) is 17.3. The first-order valence-electron chi connectivity index (χ1n) is 29.1. The number of anilines is 6. The molecule has 1 aromatic heterocycles. The van der Waals surface area contributed by atoms with E-state index in [9.17, 15) is 0 Å². The van der Waals surface area contributed by atoms with Crippen LogP contribution in [-0.4, -0.2) is 6.71 Å². The third kappa shape index (κ3) is 8.66. The van der Waals surface area contributed by atoms with Gasteiger partial charge in [-0.15, -0.1) is 0 Å². The number of rotatable bonds is 7. The summed E-state index contributed by atoms with van der Waals surface area (Å²) in [5, 5.41) is 2.22. The van der Waals surface area contributed by atoms with E-state index in [0.717, 1.165) is 61.5 Å². The topological polar surface area (TPSA) is 19.6 Å². The quantitative estimate of drug-likeness (QED) is 0.148. The SMILES string of the molecule is CC(C)(C)c1ccc(N2c3ccc(-c4ccccc4)cc3B3c4cc(-c5ccccc5C(C)(C)C)ccc4N(c4ccc(C(C)(C)C)cc4-c4ccccc4)c4cc(-c5ccc6oc7ccccc7c6c5)cc2c43)c(-c2ccccc2)c1. The summed E-state index contributed by atoms with van der Waals surface area (Å²) in [7, 11) is 0. The van der Waals surface area contributed by atoms with Crippen molar-refractivity contribution in [2.45, 2.75) is 78.6 Å². The Balaban J connectivity index is 1.15. The Morgan fingerprint density at radius 3 is 1.30 bits per heavy atom. The zero-order valence-electron chi connectivity index (χ0n) is 48.5. The van der Waals surface area contributed by atoms with Crippen LogP contribution in [0.2, 0.25) is 0 Å². The maximum absolute atomic E-state index is 6.50. The van der Waals surface area contributed by atoms with Gasteiger partial charge in [0.25, 0.3) is 6.71 Å². The number of benzene rings is 11. The van der Waals surface area contributed by atoms with Crippen molar-refractivity contribution in [3.8, 4) is 55.6 Å². The molecule has 11 aromatic carbocycles. The van der Waals surface area contributed by atoms with Gasteiger partial charge in [-0.05, 0) is 161 Å². The summed E-state index contributed by atoms with van der Waals surface area (Å²) in [5.41, 5.74) is 28.0. The normalized spacial score (nSPS) is 13.1. The highest BCUT2D eigenvalue weighted by Crippen LogP contribution is 2.52. The summed E-state index contributed by atoms with van der Waals surface area (Å²) >= 11 is 0. The lowest BCUT2D eigenvalue weighted by Crippen LogP contribution is -2.61. The van der Waals surface area contributed by atoms with Gasteiger partial charge in [-0.3, -0.25) is 0 Å². The summed E-state index contributed by atoms with van der Waals surface area (Å²) in [6, 6.07) is 91.2. The summed E-state index contributed by atoms with van der Waals surface area (Å²) in [4.78, 5) is 5.24. The molecule has 4 heteroatoms. The van der Waals surface area contributed by atoms with Crippen LogP contribution >= 0.6 is 0 Å². The van der Waals surface area contributed by atoms with Crippen LogP contribution in [0.3, 0.4) is 0 Å². The molecule has 3 nitrogen and oxygen atoms in total. The van der Waals surface area contributed by atoms with Crippen molar-refractivity contribution in [2.24, 2.45) is 0 Å². The molecule has 0 unspecified atom stereocenters. The summed E-state index contributed by atoms with van der Waals surface area (Å²) in [5.74, 6) is 0. The first-order valence-corrected chi connectivity index (χ1v) is 29.1. The van der Waals surface area contributed by atoms with Crippen molar-refractivity contribution in [2.75, 3.05) is 9.80 Å². The lowest BCUT2D eigenvalue weighted by Gasteiger charge is -2.45. The van der Waals surface area contributed by atoms with E-state index in [0.29, 0.717) is 0 Å². The Labute approximate surface area is 484 Å². The standard InChI is InChI=1S/C78H67BN2O/c1-76(2,3)57-36-40-67(61(48-57)51-25-15-11-16-26-51)80-69-38-33-54(50-23-13-10-14-24-50)44-65(69)79-66-45-55(59-29-19-21-31-64(59)78(7,8)9)34-39-70(66)81(68-41-37-58(77(4,5)6)49-62(68)52-27-17-12-18-28-52)72-47-56(46-71(80)75(72)79)53-35-42-74-63(43-53)60-30-20-22-32-73(60)82-74/h10-49H,1-9H3. The first-order chi connectivity index (χ1) is 39.6. The predicted octanol–water partition coefficient (Wildman–Crippen LogP) is 19.9. The molecule has 82 heavy (non-hydrogen) atoms. The van der Waals surface area contributed by atoms with Crippen LogP contribution in [0.4, 0.5) is 34.1 Å². The number of nitrogens with zero attached hydrogens (tertiary/aromatic N) is 2. The van der Waals surface area contributed by atoms with Gasteiger partial charge in [0.15, 0.2) is 0 Å². The molecule has 2 aliphatic rings. The van der Waals surface area contributed by atoms with Crippen LogP contribution in [0.25, 0.3) is 77.6 Å². The van der Waals surface area contributed by atoms with E-state index in [-0.39, 0.29) is 23.0 Å². The molecule has 0 radical (unpaired) electrons. The smallest absolute Gasteiger partial charge is 0.252 e. The lowest BCUT2D eigenvalue weighted by molar-refractivity contribution is 0.590. The van der Waals surface area contributed by atoms with Gasteiger partial charge >= 0.3 is 0 Å². The first kappa shape index (κ1) is 51.1. The highest BCUT2D eigenvalue weighted by Gasteiger charge is 2.45. The van der Waals surface area contributed by atoms with E-state index < -0.39 is 0 Å². The monoisotopic (exact) mass is 1060 g/mol. The Morgan fingerprint density at radius 1 is 0.293 bits per heavy atom. The fourth-order valence-corrected chi connectivity index (χ4v) is 13.1. The van der Waals surface area contributed by atoms with Gasteiger partial charge in [0.2, 0.25) is 0 Å². The molecule has 2 aliphatic heterocycles. The molecule has 14 rings (SSSR count). The zero-order valence-corrected chi connectivity index (χ0v) is 48.5. The minimum Gasteiger partial charge on any atom is -0.456 e. The number of hydrogen-bond donors (Lipinski definition) is 0. The second kappa shape index (κ2) is 19.3. The Morgan fingerprint density at radius 2 is 0.744 bits per heavy atom. The van der Waals surface area contributed by atoms with E-state index in [1.807, 2.05) is 0 Å². The molecule has 0 bridgehead atoms. The largest absolute Gasteiger partial charge is 0.456 e. The van der Waals surface area contributed by atoms with Crippen LogP contribution < -0.4 is 26.2 Å². The number of hydrogen-bond acceptors (Lipinski definition) is 3. The molecule has 0 fully saturated rings. The predicted molar refractivity (Wildman–Crippen MR) is 351 cm³/mol. The van der Waals surface area contributed by atoms with Crippen LogP contribution in [0, 0.1) is 0 Å². The van der Waals surface area contributed by atoms with Gasteiger partial charge < -0.3 is 14.2 Å².